The van der Waals surface area contributed by atoms with Gasteiger partial charge in [0.15, 0.2) is 0 Å². The first-order valence-electron chi connectivity index (χ1n) is 5.27. The maximum atomic E-state index is 11.0. The van der Waals surface area contributed by atoms with Gasteiger partial charge in [-0.25, -0.2) is 0 Å². The van der Waals surface area contributed by atoms with E-state index in [4.69, 9.17) is 4.74 Å². The molecule has 3 nitrogen and oxygen atoms in total. The average Bonchev–Trinajstić information content (AvgIpc) is 2.20. The van der Waals surface area contributed by atoms with Crippen LogP contribution in [0.5, 0.6) is 0 Å². The molecule has 1 unspecified atom stereocenters. The standard InChI is InChI=1S/C10H19NO2S/c1-2-13-10(12)8-14-7-9-4-3-5-11-6-9/h9,11H,2-8H2,1H3. The molecule has 14 heavy (non-hydrogen) atoms. The predicted molar refractivity (Wildman–Crippen MR) is 59.6 cm³/mol. The smallest absolute Gasteiger partial charge is 0.315 e. The monoisotopic (exact) mass is 217 g/mol. The average molecular weight is 217 g/mol. The number of hydrogen-bond donors (Lipinski definition) is 1. The first-order valence-corrected chi connectivity index (χ1v) is 6.42. The Balaban J connectivity index is 1.99. The molecule has 4 heteroatoms. The highest BCUT2D eigenvalue weighted by Crippen LogP contribution is 2.16. The third-order valence-corrected chi connectivity index (χ3v) is 3.42. The quantitative estimate of drug-likeness (QED) is 0.704. The number of nitrogens with one attached hydrogen (secondary N) is 1. The molecule has 0 radical (unpaired) electrons. The molecule has 0 aromatic carbocycles. The van der Waals surface area contributed by atoms with Gasteiger partial charge < -0.3 is 10.1 Å². The van der Waals surface area contributed by atoms with Gasteiger partial charge in [0.05, 0.1) is 12.4 Å². The fourth-order valence-corrected chi connectivity index (χ4v) is 2.56. The molecular formula is C10H19NO2S. The Morgan fingerprint density at radius 3 is 3.14 bits per heavy atom. The maximum Gasteiger partial charge on any atom is 0.315 e. The van der Waals surface area contributed by atoms with Crippen LogP contribution in [-0.4, -0.2) is 37.2 Å². The van der Waals surface area contributed by atoms with Gasteiger partial charge in [-0.15, -0.1) is 11.8 Å². The molecule has 0 bridgehead atoms. The summed E-state index contributed by atoms with van der Waals surface area (Å²) in [6, 6.07) is 0. The van der Waals surface area contributed by atoms with Crippen LogP contribution in [0.15, 0.2) is 0 Å². The molecule has 82 valence electrons. The van der Waals surface area contributed by atoms with Gasteiger partial charge >= 0.3 is 5.97 Å². The van der Waals surface area contributed by atoms with Gasteiger partial charge in [-0.3, -0.25) is 4.79 Å². The van der Waals surface area contributed by atoms with Gasteiger partial charge in [0.1, 0.15) is 0 Å². The van der Waals surface area contributed by atoms with E-state index in [2.05, 4.69) is 5.32 Å². The van der Waals surface area contributed by atoms with E-state index in [0.29, 0.717) is 12.4 Å². The minimum Gasteiger partial charge on any atom is -0.465 e. The molecule has 0 aromatic rings. The lowest BCUT2D eigenvalue weighted by molar-refractivity contribution is -0.139. The summed E-state index contributed by atoms with van der Waals surface area (Å²) in [4.78, 5) is 11.0. The molecule has 0 spiro atoms. The Morgan fingerprint density at radius 2 is 2.50 bits per heavy atom. The van der Waals surface area contributed by atoms with Crippen molar-refractivity contribution in [3.8, 4) is 0 Å². The van der Waals surface area contributed by atoms with Gasteiger partial charge in [-0.05, 0) is 44.5 Å². The van der Waals surface area contributed by atoms with E-state index in [1.807, 2.05) is 6.92 Å². The second-order valence-corrected chi connectivity index (χ2v) is 4.56. The number of rotatable bonds is 5. The number of piperidine rings is 1. The van der Waals surface area contributed by atoms with Crippen molar-refractivity contribution in [2.75, 3.05) is 31.2 Å². The van der Waals surface area contributed by atoms with Crippen LogP contribution < -0.4 is 5.32 Å². The fourth-order valence-electron chi connectivity index (χ4n) is 1.58. The van der Waals surface area contributed by atoms with E-state index < -0.39 is 0 Å². The van der Waals surface area contributed by atoms with Crippen LogP contribution in [0.1, 0.15) is 19.8 Å². The maximum absolute atomic E-state index is 11.0. The summed E-state index contributed by atoms with van der Waals surface area (Å²) in [5.41, 5.74) is 0. The molecule has 0 aliphatic carbocycles. The molecule has 1 aliphatic heterocycles. The number of carbonyl (C=O) groups excluding carboxylic acids is 1. The molecule has 1 aliphatic rings. The van der Waals surface area contributed by atoms with Crippen LogP contribution in [0, 0.1) is 5.92 Å². The minimum absolute atomic E-state index is 0.0822. The molecule has 1 fully saturated rings. The summed E-state index contributed by atoms with van der Waals surface area (Å²) in [6.45, 7) is 4.59. The number of ether oxygens (including phenoxy) is 1. The van der Waals surface area contributed by atoms with Crippen LogP contribution in [0.2, 0.25) is 0 Å². The number of carbonyl (C=O) groups is 1. The highest BCUT2D eigenvalue weighted by Gasteiger charge is 2.13. The molecule has 1 rings (SSSR count). The summed E-state index contributed by atoms with van der Waals surface area (Å²) >= 11 is 1.69. The topological polar surface area (TPSA) is 38.3 Å². The van der Waals surface area contributed by atoms with Crippen molar-refractivity contribution in [3.05, 3.63) is 0 Å². The molecular weight excluding hydrogens is 198 g/mol. The third-order valence-electron chi connectivity index (χ3n) is 2.28. The molecule has 1 N–H and O–H groups in total. The number of esters is 1. The van der Waals surface area contributed by atoms with Crippen LogP contribution in [0.25, 0.3) is 0 Å². The molecule has 1 saturated heterocycles. The van der Waals surface area contributed by atoms with Crippen molar-refractivity contribution in [2.24, 2.45) is 5.92 Å². The number of thioether (sulfide) groups is 1. The Labute approximate surface area is 90.0 Å². The summed E-state index contributed by atoms with van der Waals surface area (Å²) in [5, 5.41) is 3.37. The summed E-state index contributed by atoms with van der Waals surface area (Å²) in [7, 11) is 0. The summed E-state index contributed by atoms with van der Waals surface area (Å²) in [5.74, 6) is 2.24. The van der Waals surface area contributed by atoms with Crippen molar-refractivity contribution in [1.82, 2.24) is 5.32 Å². The lowest BCUT2D eigenvalue weighted by Gasteiger charge is -2.21. The second kappa shape index (κ2) is 7.12. The van der Waals surface area contributed by atoms with Crippen LogP contribution in [-0.2, 0) is 9.53 Å². The van der Waals surface area contributed by atoms with Gasteiger partial charge in [0.25, 0.3) is 0 Å². The molecule has 0 aromatic heterocycles. The zero-order valence-electron chi connectivity index (χ0n) is 8.75. The zero-order chi connectivity index (χ0) is 10.2. The number of hydrogen-bond acceptors (Lipinski definition) is 4. The van der Waals surface area contributed by atoms with Crippen LogP contribution >= 0.6 is 11.8 Å². The van der Waals surface area contributed by atoms with Crippen molar-refractivity contribution in [3.63, 3.8) is 0 Å². The Kier molecular flexibility index (Phi) is 6.03. The van der Waals surface area contributed by atoms with Crippen molar-refractivity contribution >= 4 is 17.7 Å². The predicted octanol–water partition coefficient (Wildman–Crippen LogP) is 1.28. The third kappa shape index (κ3) is 4.86. The van der Waals surface area contributed by atoms with Crippen molar-refractivity contribution in [2.45, 2.75) is 19.8 Å². The lowest BCUT2D eigenvalue weighted by Crippen LogP contribution is -2.31. The van der Waals surface area contributed by atoms with E-state index in [9.17, 15) is 4.79 Å². The largest absolute Gasteiger partial charge is 0.465 e. The van der Waals surface area contributed by atoms with Crippen molar-refractivity contribution < 1.29 is 9.53 Å². The van der Waals surface area contributed by atoms with Gasteiger partial charge in [-0.1, -0.05) is 0 Å². The summed E-state index contributed by atoms with van der Waals surface area (Å²) < 4.78 is 4.86. The van der Waals surface area contributed by atoms with E-state index >= 15 is 0 Å². The van der Waals surface area contributed by atoms with Crippen LogP contribution in [0.4, 0.5) is 0 Å². The fraction of sp³-hybridized carbons (Fsp3) is 0.900. The zero-order valence-corrected chi connectivity index (χ0v) is 9.57. The van der Waals surface area contributed by atoms with E-state index in [0.717, 1.165) is 24.8 Å². The first kappa shape index (κ1) is 11.9. The molecule has 1 heterocycles. The molecule has 0 amide bonds. The van der Waals surface area contributed by atoms with Crippen molar-refractivity contribution in [1.29, 1.82) is 0 Å². The van der Waals surface area contributed by atoms with Gasteiger partial charge in [0.2, 0.25) is 0 Å². The normalized spacial score (nSPS) is 21.9. The Hall–Kier alpha value is -0.220. The highest BCUT2D eigenvalue weighted by molar-refractivity contribution is 7.99. The Bertz CT molecular complexity index is 170. The highest BCUT2D eigenvalue weighted by atomic mass is 32.2. The van der Waals surface area contributed by atoms with Gasteiger partial charge in [0, 0.05) is 0 Å². The van der Waals surface area contributed by atoms with E-state index in [1.54, 1.807) is 11.8 Å². The molecule has 1 atom stereocenters. The molecule has 0 saturated carbocycles. The minimum atomic E-state index is -0.0822. The SMILES string of the molecule is CCOC(=O)CSCC1CCCNC1. The van der Waals surface area contributed by atoms with Gasteiger partial charge in [-0.2, -0.15) is 0 Å². The van der Waals surface area contributed by atoms with E-state index in [-0.39, 0.29) is 5.97 Å². The Morgan fingerprint density at radius 1 is 1.64 bits per heavy atom. The first-order chi connectivity index (χ1) is 6.83. The van der Waals surface area contributed by atoms with E-state index in [1.165, 1.54) is 12.8 Å². The second-order valence-electron chi connectivity index (χ2n) is 3.53. The van der Waals surface area contributed by atoms with Crippen LogP contribution in [0.3, 0.4) is 0 Å². The lowest BCUT2D eigenvalue weighted by atomic mass is 10.0. The summed E-state index contributed by atoms with van der Waals surface area (Å²) in [6.07, 6.45) is 2.56.